The first-order valence-corrected chi connectivity index (χ1v) is 5.30. The smallest absolute Gasteiger partial charge is 0.387 e. The highest BCUT2D eigenvalue weighted by Crippen LogP contribution is 2.26. The van der Waals surface area contributed by atoms with E-state index < -0.39 is 24.5 Å². The number of amidine groups is 1. The zero-order chi connectivity index (χ0) is 12.2. The summed E-state index contributed by atoms with van der Waals surface area (Å²) in [4.78, 5) is 0.837. The third-order valence-corrected chi connectivity index (χ3v) is 2.73. The van der Waals surface area contributed by atoms with E-state index in [0.29, 0.717) is 0 Å². The zero-order valence-electron chi connectivity index (χ0n) is 8.25. The lowest BCUT2D eigenvalue weighted by Gasteiger charge is -2.18. The van der Waals surface area contributed by atoms with Crippen molar-refractivity contribution in [3.63, 3.8) is 0 Å². The summed E-state index contributed by atoms with van der Waals surface area (Å²) in [5.74, 6) is -2.94. The molecule has 0 radical (unpaired) electrons. The third kappa shape index (κ3) is 3.82. The van der Waals surface area contributed by atoms with Crippen LogP contribution in [0.15, 0.2) is 17.5 Å². The molecule has 0 aliphatic rings. The van der Waals surface area contributed by atoms with Crippen molar-refractivity contribution in [3.8, 4) is 0 Å². The van der Waals surface area contributed by atoms with Crippen LogP contribution in [0.4, 0.5) is 13.2 Å². The van der Waals surface area contributed by atoms with Gasteiger partial charge >= 0.3 is 6.18 Å². The molecule has 0 amide bonds. The van der Waals surface area contributed by atoms with Crippen molar-refractivity contribution in [2.45, 2.75) is 12.8 Å². The van der Waals surface area contributed by atoms with Gasteiger partial charge in [0.1, 0.15) is 11.8 Å². The summed E-state index contributed by atoms with van der Waals surface area (Å²) in [6, 6.07) is 3.55. The first-order valence-electron chi connectivity index (χ1n) is 4.42. The van der Waals surface area contributed by atoms with Crippen LogP contribution in [0.2, 0.25) is 0 Å². The molecule has 0 saturated carbocycles. The summed E-state index contributed by atoms with van der Waals surface area (Å²) in [6.07, 6.45) is -4.53. The summed E-state index contributed by atoms with van der Waals surface area (Å²) in [5.41, 5.74) is 4.87. The van der Waals surface area contributed by atoms with Crippen LogP contribution in [0.25, 0.3) is 0 Å². The molecule has 1 rings (SSSR count). The highest BCUT2D eigenvalue weighted by atomic mass is 32.1. The van der Waals surface area contributed by atoms with Crippen molar-refractivity contribution in [1.82, 2.24) is 0 Å². The molecule has 3 N–H and O–H groups in total. The molecule has 0 bridgehead atoms. The Morgan fingerprint density at radius 3 is 2.69 bits per heavy atom. The summed E-state index contributed by atoms with van der Waals surface area (Å²) in [5, 5.41) is 8.65. The Morgan fingerprint density at radius 1 is 1.56 bits per heavy atom. The van der Waals surface area contributed by atoms with Crippen LogP contribution >= 0.6 is 11.3 Å². The second-order valence-corrected chi connectivity index (χ2v) is 4.18. The molecule has 0 saturated heterocycles. The van der Waals surface area contributed by atoms with Crippen LogP contribution in [-0.2, 0) is 11.3 Å². The van der Waals surface area contributed by atoms with Crippen molar-refractivity contribution in [2.24, 2.45) is 11.7 Å². The van der Waals surface area contributed by atoms with Crippen LogP contribution in [0.5, 0.6) is 0 Å². The van der Waals surface area contributed by atoms with Gasteiger partial charge in [0.15, 0.2) is 0 Å². The van der Waals surface area contributed by atoms with Crippen molar-refractivity contribution < 1.29 is 17.9 Å². The minimum atomic E-state index is -4.53. The maximum Gasteiger partial charge on any atom is 0.400 e. The van der Waals surface area contributed by atoms with E-state index in [-0.39, 0.29) is 6.61 Å². The molecular formula is C9H11F3N2OS. The van der Waals surface area contributed by atoms with E-state index in [0.717, 1.165) is 4.88 Å². The minimum absolute atomic E-state index is 0.109. The number of nitrogens with one attached hydrogen (secondary N) is 1. The Labute approximate surface area is 94.5 Å². The summed E-state index contributed by atoms with van der Waals surface area (Å²) >= 11 is 1.40. The molecular weight excluding hydrogens is 241 g/mol. The number of halogens is 3. The average molecular weight is 252 g/mol. The lowest BCUT2D eigenvalue weighted by molar-refractivity contribution is -0.169. The van der Waals surface area contributed by atoms with E-state index in [1.54, 1.807) is 12.1 Å². The first kappa shape index (κ1) is 13.0. The molecule has 1 unspecified atom stereocenters. The highest BCUT2D eigenvalue weighted by molar-refractivity contribution is 7.09. The van der Waals surface area contributed by atoms with E-state index in [4.69, 9.17) is 15.9 Å². The Morgan fingerprint density at radius 2 is 2.25 bits per heavy atom. The van der Waals surface area contributed by atoms with Gasteiger partial charge in [0.2, 0.25) is 0 Å². The predicted octanol–water partition coefficient (Wildman–Crippen LogP) is 2.38. The number of nitrogens with two attached hydrogens (primary N) is 1. The molecule has 0 fully saturated rings. The van der Waals surface area contributed by atoms with Crippen molar-refractivity contribution >= 4 is 17.2 Å². The van der Waals surface area contributed by atoms with E-state index in [1.165, 1.54) is 11.3 Å². The fourth-order valence-electron chi connectivity index (χ4n) is 1.03. The Balaban J connectivity index is 2.42. The zero-order valence-corrected chi connectivity index (χ0v) is 9.07. The van der Waals surface area contributed by atoms with E-state index in [2.05, 4.69) is 0 Å². The van der Waals surface area contributed by atoms with Crippen LogP contribution < -0.4 is 5.73 Å². The van der Waals surface area contributed by atoms with E-state index in [9.17, 15) is 13.2 Å². The first-order chi connectivity index (χ1) is 7.41. The Bertz CT molecular complexity index is 337. The fourth-order valence-corrected chi connectivity index (χ4v) is 1.67. The second-order valence-electron chi connectivity index (χ2n) is 3.14. The topological polar surface area (TPSA) is 59.1 Å². The lowest BCUT2D eigenvalue weighted by Crippen LogP contribution is -2.38. The normalized spacial score (nSPS) is 13.7. The maximum absolute atomic E-state index is 12.3. The minimum Gasteiger partial charge on any atom is -0.387 e. The molecule has 3 nitrogen and oxygen atoms in total. The SMILES string of the molecule is N=C(N)C(COCc1cccs1)C(F)(F)F. The molecule has 90 valence electrons. The van der Waals surface area contributed by atoms with Crippen LogP contribution in [0.3, 0.4) is 0 Å². The van der Waals surface area contributed by atoms with Crippen LogP contribution in [-0.4, -0.2) is 18.6 Å². The van der Waals surface area contributed by atoms with Gasteiger partial charge in [-0.3, -0.25) is 5.41 Å². The van der Waals surface area contributed by atoms with Crippen LogP contribution in [0.1, 0.15) is 4.88 Å². The quantitative estimate of drug-likeness (QED) is 0.624. The van der Waals surface area contributed by atoms with Gasteiger partial charge in [-0.25, -0.2) is 0 Å². The molecule has 0 aliphatic heterocycles. The lowest BCUT2D eigenvalue weighted by atomic mass is 10.1. The van der Waals surface area contributed by atoms with Gasteiger partial charge in [-0.1, -0.05) is 6.07 Å². The molecule has 0 aromatic carbocycles. The predicted molar refractivity (Wildman–Crippen MR) is 55.4 cm³/mol. The molecule has 1 atom stereocenters. The molecule has 7 heteroatoms. The van der Waals surface area contributed by atoms with Gasteiger partial charge in [-0.05, 0) is 11.4 Å². The van der Waals surface area contributed by atoms with Gasteiger partial charge < -0.3 is 10.5 Å². The summed E-state index contributed by atoms with van der Waals surface area (Å²) in [6.45, 7) is -0.506. The van der Waals surface area contributed by atoms with Crippen molar-refractivity contribution in [3.05, 3.63) is 22.4 Å². The van der Waals surface area contributed by atoms with Crippen molar-refractivity contribution in [1.29, 1.82) is 5.41 Å². The Kier molecular flexibility index (Phi) is 4.31. The number of rotatable bonds is 5. The van der Waals surface area contributed by atoms with E-state index in [1.807, 2.05) is 5.38 Å². The number of hydrogen-bond donors (Lipinski definition) is 2. The maximum atomic E-state index is 12.3. The number of hydrogen-bond acceptors (Lipinski definition) is 3. The van der Waals surface area contributed by atoms with Gasteiger partial charge in [0, 0.05) is 4.88 Å². The summed E-state index contributed by atoms with van der Waals surface area (Å²) in [7, 11) is 0. The largest absolute Gasteiger partial charge is 0.400 e. The molecule has 1 aromatic heterocycles. The molecule has 1 heterocycles. The highest BCUT2D eigenvalue weighted by Gasteiger charge is 2.42. The second kappa shape index (κ2) is 5.31. The summed E-state index contributed by atoms with van der Waals surface area (Å²) < 4.78 is 41.9. The van der Waals surface area contributed by atoms with Gasteiger partial charge in [-0.2, -0.15) is 13.2 Å². The van der Waals surface area contributed by atoms with Gasteiger partial charge in [0.25, 0.3) is 0 Å². The number of alkyl halides is 3. The van der Waals surface area contributed by atoms with Gasteiger partial charge in [-0.15, -0.1) is 11.3 Å². The molecule has 0 aliphatic carbocycles. The third-order valence-electron chi connectivity index (χ3n) is 1.88. The number of ether oxygens (including phenoxy) is 1. The molecule has 16 heavy (non-hydrogen) atoms. The number of thiophene rings is 1. The standard InChI is InChI=1S/C9H11F3N2OS/c10-9(11,12)7(8(13)14)5-15-4-6-2-1-3-16-6/h1-3,7H,4-5H2,(H3,13,14). The van der Waals surface area contributed by atoms with Crippen molar-refractivity contribution in [2.75, 3.05) is 6.61 Å². The average Bonchev–Trinajstić information content (AvgIpc) is 2.61. The van der Waals surface area contributed by atoms with Gasteiger partial charge in [0.05, 0.1) is 13.2 Å². The monoisotopic (exact) mass is 252 g/mol. The molecule has 1 aromatic rings. The van der Waals surface area contributed by atoms with E-state index >= 15 is 0 Å². The molecule has 0 spiro atoms. The Hall–Kier alpha value is -1.08. The van der Waals surface area contributed by atoms with Crippen LogP contribution in [0, 0.1) is 11.3 Å². The fraction of sp³-hybridized carbons (Fsp3) is 0.444.